The molecule has 3 atom stereocenters. The summed E-state index contributed by atoms with van der Waals surface area (Å²) < 4.78 is 51.2. The van der Waals surface area contributed by atoms with Crippen molar-refractivity contribution in [2.45, 2.75) is 133 Å². The fraction of sp³-hybridized carbons (Fsp3) is 0.510. The SMILES string of the molecule is CC[C@@](C)(O)CCCCNc1ncc(S(=O)(=O)NC(=O)c2ccc(N3CCC4(CC3)CN([C@H]3CCC[C@H]3c3ccccc3C(C)C)C4)cc2Oc2cc3c(F)c[nH]c3nc2C2CC2)cc1[N+](=O)[O-]. The zero-order chi connectivity index (χ0) is 48.0. The molecule has 9 rings (SSSR count). The number of halogens is 1. The Balaban J connectivity index is 0.928. The first-order chi connectivity index (χ1) is 32.5. The van der Waals surface area contributed by atoms with Crippen molar-refractivity contribution in [1.29, 1.82) is 0 Å². The van der Waals surface area contributed by atoms with Crippen LogP contribution in [-0.4, -0.2) is 88.6 Å². The number of aromatic nitrogens is 3. The number of hydrogen-bond acceptors (Lipinski definition) is 12. The number of aliphatic hydroxyl groups is 1. The van der Waals surface area contributed by atoms with Crippen LogP contribution in [0.5, 0.6) is 11.5 Å². The number of aromatic amines is 1. The lowest BCUT2D eigenvalue weighted by Crippen LogP contribution is -2.63. The van der Waals surface area contributed by atoms with Gasteiger partial charge in [0.2, 0.25) is 5.82 Å². The van der Waals surface area contributed by atoms with Crippen molar-refractivity contribution in [1.82, 2.24) is 24.6 Å². The highest BCUT2D eigenvalue weighted by Crippen LogP contribution is 2.50. The number of nitrogens with one attached hydrogen (secondary N) is 3. The maximum Gasteiger partial charge on any atom is 0.312 e. The van der Waals surface area contributed by atoms with Gasteiger partial charge in [-0.05, 0) is 118 Å². The number of H-pyrrole nitrogens is 1. The van der Waals surface area contributed by atoms with E-state index in [1.807, 2.05) is 6.92 Å². The van der Waals surface area contributed by atoms with E-state index in [0.29, 0.717) is 61.4 Å². The van der Waals surface area contributed by atoms with Crippen molar-refractivity contribution in [2.24, 2.45) is 5.41 Å². The van der Waals surface area contributed by atoms with Crippen molar-refractivity contribution in [3.05, 3.63) is 105 Å². The average Bonchev–Trinajstić information content (AvgIpc) is 3.94. The minimum atomic E-state index is -4.69. The Morgan fingerprint density at radius 3 is 2.56 bits per heavy atom. The number of sulfonamides is 1. The maximum absolute atomic E-state index is 14.9. The van der Waals surface area contributed by atoms with E-state index >= 15 is 0 Å². The highest BCUT2D eigenvalue weighted by molar-refractivity contribution is 7.90. The number of pyridine rings is 2. The molecule has 5 aromatic rings. The van der Waals surface area contributed by atoms with Gasteiger partial charge < -0.3 is 25.0 Å². The summed E-state index contributed by atoms with van der Waals surface area (Å²) >= 11 is 0. The molecule has 4 fully saturated rings. The van der Waals surface area contributed by atoms with Crippen LogP contribution in [0.4, 0.5) is 21.6 Å². The largest absolute Gasteiger partial charge is 0.454 e. The van der Waals surface area contributed by atoms with Crippen LogP contribution in [0, 0.1) is 21.3 Å². The number of likely N-dealkylation sites (tertiary alicyclic amines) is 1. The highest BCUT2D eigenvalue weighted by Gasteiger charge is 2.49. The van der Waals surface area contributed by atoms with E-state index < -0.39 is 42.9 Å². The fourth-order valence-corrected chi connectivity index (χ4v) is 11.6. The predicted molar refractivity (Wildman–Crippen MR) is 260 cm³/mol. The van der Waals surface area contributed by atoms with Crippen molar-refractivity contribution in [2.75, 3.05) is 42.9 Å². The minimum Gasteiger partial charge on any atom is -0.454 e. The summed E-state index contributed by atoms with van der Waals surface area (Å²) in [7, 11) is -4.69. The number of carbonyl (C=O) groups is 1. The fourth-order valence-electron chi connectivity index (χ4n) is 10.7. The molecule has 0 bridgehead atoms. The lowest BCUT2D eigenvalue weighted by atomic mass is 9.70. The molecule has 2 saturated heterocycles. The standard InChI is InChI=1S/C51H63FN8O7S/c1-5-50(4,62)19-8-9-22-53-48-43(60(63)64)26-35(28-54-48)68(65,66)57-49(61)39-18-17-34(25-44(39)67-45-27-40-41(52)29-55-47(40)56-46(45)33-15-16-33)58-23-20-51(21-24-58)30-59(31-51)42-14-10-13-38(42)37-12-7-6-11-36(37)32(2)3/h6-7,11-12,17-18,25-29,32-33,38,42,62H,5,8-10,13-16,19-24,30-31H2,1-4H3,(H,53,54)(H,55,56)(H,57,61)/t38-,42-,50+/m0/s1. The van der Waals surface area contributed by atoms with Gasteiger partial charge in [-0.15, -0.1) is 0 Å². The van der Waals surface area contributed by atoms with Gasteiger partial charge in [-0.3, -0.25) is 19.8 Å². The van der Waals surface area contributed by atoms with Gasteiger partial charge in [0.15, 0.2) is 0 Å². The number of unbranched alkanes of at least 4 members (excludes halogenated alkanes) is 1. The molecule has 4 aliphatic rings. The normalized spacial score (nSPS) is 20.4. The first-order valence-corrected chi connectivity index (χ1v) is 25.8. The molecule has 2 aromatic carbocycles. The Morgan fingerprint density at radius 1 is 1.07 bits per heavy atom. The Labute approximate surface area is 397 Å². The van der Waals surface area contributed by atoms with Crippen LogP contribution in [0.3, 0.4) is 0 Å². The van der Waals surface area contributed by atoms with Crippen LogP contribution in [0.15, 0.2) is 71.9 Å². The molecule has 1 spiro atoms. The third kappa shape index (κ3) is 9.93. The quantitative estimate of drug-likeness (QED) is 0.0369. The number of carbonyl (C=O) groups excluding carboxylic acids is 1. The average molecular weight is 951 g/mol. The molecular formula is C51H63FN8O7S. The van der Waals surface area contributed by atoms with Crippen LogP contribution < -0.4 is 19.7 Å². The lowest BCUT2D eigenvalue weighted by Gasteiger charge is -2.57. The Morgan fingerprint density at radius 2 is 1.84 bits per heavy atom. The number of benzene rings is 2. The van der Waals surface area contributed by atoms with Gasteiger partial charge in [0.25, 0.3) is 15.9 Å². The van der Waals surface area contributed by atoms with E-state index in [1.54, 1.807) is 25.1 Å². The van der Waals surface area contributed by atoms with E-state index in [-0.39, 0.29) is 39.6 Å². The highest BCUT2D eigenvalue weighted by atomic mass is 32.2. The first kappa shape index (κ1) is 47.4. The monoisotopic (exact) mass is 950 g/mol. The minimum absolute atomic E-state index is 0.0577. The molecule has 4 N–H and O–H groups in total. The van der Waals surface area contributed by atoms with Gasteiger partial charge in [0.05, 0.1) is 33.4 Å². The number of piperidine rings is 1. The first-order valence-electron chi connectivity index (χ1n) is 24.3. The van der Waals surface area contributed by atoms with Crippen molar-refractivity contribution in [3.8, 4) is 11.5 Å². The molecule has 0 unspecified atom stereocenters. The van der Waals surface area contributed by atoms with Gasteiger partial charge in [-0.2, -0.15) is 0 Å². The Hall–Kier alpha value is -5.65. The topological polar surface area (TPSA) is 196 Å². The third-order valence-corrected chi connectivity index (χ3v) is 16.3. The molecular weight excluding hydrogens is 888 g/mol. The Kier molecular flexibility index (Phi) is 13.3. The van der Waals surface area contributed by atoms with Crippen LogP contribution in [-0.2, 0) is 10.0 Å². The van der Waals surface area contributed by atoms with Crippen LogP contribution >= 0.6 is 0 Å². The van der Waals surface area contributed by atoms with Gasteiger partial charge in [0, 0.05) is 68.7 Å². The summed E-state index contributed by atoms with van der Waals surface area (Å²) in [6.45, 7) is 12.2. The molecule has 2 aliphatic carbocycles. The number of anilines is 2. The molecule has 15 nitrogen and oxygen atoms in total. The number of fused-ring (bicyclic) bond motifs is 1. The van der Waals surface area contributed by atoms with Gasteiger partial charge >= 0.3 is 5.69 Å². The number of amides is 1. The van der Waals surface area contributed by atoms with Crippen LogP contribution in [0.25, 0.3) is 11.0 Å². The number of hydrogen-bond donors (Lipinski definition) is 4. The molecule has 0 radical (unpaired) electrons. The second-order valence-electron chi connectivity index (χ2n) is 20.2. The Bertz CT molecular complexity index is 2800. The molecule has 362 valence electrons. The number of nitrogens with zero attached hydrogens (tertiary/aromatic N) is 5. The van der Waals surface area contributed by atoms with E-state index in [0.717, 1.165) is 69.8 Å². The summed E-state index contributed by atoms with van der Waals surface area (Å²) in [5.41, 5.74) is 3.49. The molecule has 68 heavy (non-hydrogen) atoms. The van der Waals surface area contributed by atoms with Gasteiger partial charge in [-0.1, -0.05) is 51.5 Å². The van der Waals surface area contributed by atoms with Crippen molar-refractivity contribution < 1.29 is 32.4 Å². The van der Waals surface area contributed by atoms with E-state index in [4.69, 9.17) is 9.72 Å². The number of rotatable bonds is 18. The van der Waals surface area contributed by atoms with Crippen LogP contribution in [0.1, 0.15) is 143 Å². The van der Waals surface area contributed by atoms with E-state index in [1.165, 1.54) is 42.7 Å². The molecule has 3 aromatic heterocycles. The zero-order valence-electron chi connectivity index (χ0n) is 39.4. The zero-order valence-corrected chi connectivity index (χ0v) is 40.2. The smallest absolute Gasteiger partial charge is 0.312 e. The maximum atomic E-state index is 14.9. The molecule has 5 heterocycles. The predicted octanol–water partition coefficient (Wildman–Crippen LogP) is 9.90. The number of ether oxygens (including phenoxy) is 1. The summed E-state index contributed by atoms with van der Waals surface area (Å²) in [4.78, 5) is 41.6. The molecule has 17 heteroatoms. The van der Waals surface area contributed by atoms with Crippen LogP contribution in [0.2, 0.25) is 0 Å². The second kappa shape index (κ2) is 19.0. The third-order valence-electron chi connectivity index (χ3n) is 15.0. The summed E-state index contributed by atoms with van der Waals surface area (Å²) in [5.74, 6) is -0.224. The lowest BCUT2D eigenvalue weighted by molar-refractivity contribution is -0.384. The summed E-state index contributed by atoms with van der Waals surface area (Å²) in [6.07, 6.45) is 12.0. The molecule has 2 aliphatic heterocycles. The molecule has 1 amide bonds. The second-order valence-corrected chi connectivity index (χ2v) is 21.9. The summed E-state index contributed by atoms with van der Waals surface area (Å²) in [6, 6.07) is 17.0. The van der Waals surface area contributed by atoms with E-state index in [2.05, 4.69) is 67.9 Å². The van der Waals surface area contributed by atoms with Crippen molar-refractivity contribution >= 4 is 44.2 Å². The van der Waals surface area contributed by atoms with Crippen molar-refractivity contribution in [3.63, 3.8) is 0 Å². The van der Waals surface area contributed by atoms with Gasteiger partial charge in [0.1, 0.15) is 27.9 Å². The van der Waals surface area contributed by atoms with Gasteiger partial charge in [-0.25, -0.2) is 27.5 Å². The number of nitro groups is 1. The van der Waals surface area contributed by atoms with E-state index in [9.17, 15) is 32.8 Å². The molecule has 2 saturated carbocycles. The summed E-state index contributed by atoms with van der Waals surface area (Å²) in [5, 5.41) is 25.5.